The van der Waals surface area contributed by atoms with Gasteiger partial charge in [0.25, 0.3) is 5.91 Å². The standard InChI is InChI=1S/C15H13BrN4O2/c1-10-2-4-12(5-3-10)22-8-14(21)18-13-6-11(16)7-20-9-17-19-15(13)20/h2-7,9H,8H2,1H3,(H,18,21). The number of fused-ring (bicyclic) bond motifs is 1. The molecule has 0 radical (unpaired) electrons. The third kappa shape index (κ3) is 3.25. The van der Waals surface area contributed by atoms with E-state index in [9.17, 15) is 4.79 Å². The smallest absolute Gasteiger partial charge is 0.262 e. The zero-order chi connectivity index (χ0) is 15.5. The fraction of sp³-hybridized carbons (Fsp3) is 0.133. The first-order valence-electron chi connectivity index (χ1n) is 6.60. The second-order valence-electron chi connectivity index (χ2n) is 4.78. The molecule has 0 saturated heterocycles. The van der Waals surface area contributed by atoms with E-state index < -0.39 is 0 Å². The molecule has 2 aromatic heterocycles. The minimum atomic E-state index is -0.261. The predicted octanol–water partition coefficient (Wildman–Crippen LogP) is 2.82. The fourth-order valence-electron chi connectivity index (χ4n) is 1.96. The summed E-state index contributed by atoms with van der Waals surface area (Å²) in [6, 6.07) is 9.30. The minimum absolute atomic E-state index is 0.0735. The average molecular weight is 361 g/mol. The normalized spacial score (nSPS) is 10.6. The van der Waals surface area contributed by atoms with Gasteiger partial charge < -0.3 is 10.1 Å². The third-order valence-corrected chi connectivity index (χ3v) is 3.46. The predicted molar refractivity (Wildman–Crippen MR) is 86.0 cm³/mol. The molecule has 1 N–H and O–H groups in total. The summed E-state index contributed by atoms with van der Waals surface area (Å²) in [5.41, 5.74) is 2.29. The van der Waals surface area contributed by atoms with Crippen LogP contribution in [0.2, 0.25) is 0 Å². The topological polar surface area (TPSA) is 68.5 Å². The lowest BCUT2D eigenvalue weighted by Crippen LogP contribution is -2.20. The second kappa shape index (κ2) is 6.15. The fourth-order valence-corrected chi connectivity index (χ4v) is 2.41. The van der Waals surface area contributed by atoms with Crippen molar-refractivity contribution in [1.29, 1.82) is 0 Å². The maximum atomic E-state index is 12.0. The molecule has 0 aliphatic carbocycles. The summed E-state index contributed by atoms with van der Waals surface area (Å²) in [6.45, 7) is 1.92. The number of rotatable bonds is 4. The Kier molecular flexibility index (Phi) is 4.06. The summed E-state index contributed by atoms with van der Waals surface area (Å²) < 4.78 is 7.99. The van der Waals surface area contributed by atoms with Crippen LogP contribution in [-0.4, -0.2) is 27.1 Å². The molecule has 0 aliphatic rings. The van der Waals surface area contributed by atoms with Crippen LogP contribution in [0.4, 0.5) is 5.69 Å². The first-order chi connectivity index (χ1) is 10.6. The molecule has 0 saturated carbocycles. The number of pyridine rings is 1. The van der Waals surface area contributed by atoms with E-state index in [4.69, 9.17) is 4.74 Å². The van der Waals surface area contributed by atoms with Gasteiger partial charge in [-0.1, -0.05) is 17.7 Å². The number of hydrogen-bond donors (Lipinski definition) is 1. The number of carbonyl (C=O) groups is 1. The van der Waals surface area contributed by atoms with E-state index in [1.807, 2.05) is 37.4 Å². The van der Waals surface area contributed by atoms with Gasteiger partial charge in [0.15, 0.2) is 12.3 Å². The van der Waals surface area contributed by atoms with Gasteiger partial charge in [0, 0.05) is 10.7 Å². The van der Waals surface area contributed by atoms with Gasteiger partial charge >= 0.3 is 0 Å². The van der Waals surface area contributed by atoms with E-state index in [1.165, 1.54) is 0 Å². The summed E-state index contributed by atoms with van der Waals surface area (Å²) >= 11 is 3.38. The van der Waals surface area contributed by atoms with Crippen molar-refractivity contribution < 1.29 is 9.53 Å². The Bertz CT molecular complexity index is 814. The van der Waals surface area contributed by atoms with Gasteiger partial charge in [-0.15, -0.1) is 10.2 Å². The van der Waals surface area contributed by atoms with Crippen LogP contribution in [0, 0.1) is 6.92 Å². The van der Waals surface area contributed by atoms with Crippen LogP contribution >= 0.6 is 15.9 Å². The van der Waals surface area contributed by atoms with Gasteiger partial charge in [-0.25, -0.2) is 0 Å². The molecule has 112 valence electrons. The Morgan fingerprint density at radius 1 is 1.36 bits per heavy atom. The summed E-state index contributed by atoms with van der Waals surface area (Å²) in [4.78, 5) is 12.0. The quantitative estimate of drug-likeness (QED) is 0.776. The summed E-state index contributed by atoms with van der Waals surface area (Å²) in [5.74, 6) is 0.395. The number of anilines is 1. The van der Waals surface area contributed by atoms with Crippen molar-refractivity contribution in [3.63, 3.8) is 0 Å². The van der Waals surface area contributed by atoms with Crippen LogP contribution in [-0.2, 0) is 4.79 Å². The number of halogens is 1. The highest BCUT2D eigenvalue weighted by molar-refractivity contribution is 9.10. The molecule has 1 amide bonds. The number of ether oxygens (including phenoxy) is 1. The van der Waals surface area contributed by atoms with Crippen LogP contribution in [0.5, 0.6) is 5.75 Å². The first-order valence-corrected chi connectivity index (χ1v) is 7.39. The molecule has 1 aromatic carbocycles. The molecule has 0 aliphatic heterocycles. The molecule has 22 heavy (non-hydrogen) atoms. The number of nitrogens with zero attached hydrogens (tertiary/aromatic N) is 3. The maximum absolute atomic E-state index is 12.0. The van der Waals surface area contributed by atoms with Crippen LogP contribution in [0.1, 0.15) is 5.56 Å². The number of hydrogen-bond acceptors (Lipinski definition) is 4. The Morgan fingerprint density at radius 2 is 2.14 bits per heavy atom. The second-order valence-corrected chi connectivity index (χ2v) is 5.70. The van der Waals surface area contributed by atoms with Crippen LogP contribution in [0.3, 0.4) is 0 Å². The SMILES string of the molecule is Cc1ccc(OCC(=O)Nc2cc(Br)cn3cnnc23)cc1. The van der Waals surface area contributed by atoms with Crippen LogP contribution in [0.25, 0.3) is 5.65 Å². The van der Waals surface area contributed by atoms with E-state index in [0.29, 0.717) is 17.1 Å². The molecular formula is C15H13BrN4O2. The number of aromatic nitrogens is 3. The number of benzene rings is 1. The van der Waals surface area contributed by atoms with E-state index in [1.54, 1.807) is 16.8 Å². The van der Waals surface area contributed by atoms with E-state index >= 15 is 0 Å². The Morgan fingerprint density at radius 3 is 2.91 bits per heavy atom. The zero-order valence-corrected chi connectivity index (χ0v) is 13.4. The Balaban J connectivity index is 1.68. The largest absolute Gasteiger partial charge is 0.484 e. The van der Waals surface area contributed by atoms with Gasteiger partial charge in [0.05, 0.1) is 5.69 Å². The van der Waals surface area contributed by atoms with E-state index in [-0.39, 0.29) is 12.5 Å². The van der Waals surface area contributed by atoms with Gasteiger partial charge in [-0.3, -0.25) is 9.20 Å². The molecule has 0 fully saturated rings. The number of amides is 1. The number of nitrogens with one attached hydrogen (secondary N) is 1. The molecule has 7 heteroatoms. The molecule has 3 aromatic rings. The van der Waals surface area contributed by atoms with Crippen LogP contribution in [0.15, 0.2) is 47.3 Å². The van der Waals surface area contributed by atoms with Crippen molar-refractivity contribution in [2.24, 2.45) is 0 Å². The highest BCUT2D eigenvalue weighted by Gasteiger charge is 2.10. The molecule has 0 unspecified atom stereocenters. The number of aryl methyl sites for hydroxylation is 1. The van der Waals surface area contributed by atoms with Crippen molar-refractivity contribution in [3.05, 3.63) is 52.9 Å². The summed E-state index contributed by atoms with van der Waals surface area (Å²) in [6.07, 6.45) is 3.38. The van der Waals surface area contributed by atoms with Crippen molar-refractivity contribution in [1.82, 2.24) is 14.6 Å². The van der Waals surface area contributed by atoms with Crippen LogP contribution < -0.4 is 10.1 Å². The van der Waals surface area contributed by atoms with Gasteiger partial charge in [0.2, 0.25) is 0 Å². The van der Waals surface area contributed by atoms with Gasteiger partial charge in [-0.2, -0.15) is 0 Å². The summed E-state index contributed by atoms with van der Waals surface area (Å²) in [7, 11) is 0. The highest BCUT2D eigenvalue weighted by Crippen LogP contribution is 2.20. The molecule has 0 spiro atoms. The van der Waals surface area contributed by atoms with Gasteiger partial charge in [-0.05, 0) is 41.1 Å². The molecule has 0 atom stereocenters. The third-order valence-electron chi connectivity index (χ3n) is 3.02. The Labute approximate surface area is 135 Å². The first kappa shape index (κ1) is 14.5. The molecular weight excluding hydrogens is 348 g/mol. The molecule has 6 nitrogen and oxygen atoms in total. The summed E-state index contributed by atoms with van der Waals surface area (Å²) in [5, 5.41) is 10.6. The van der Waals surface area contributed by atoms with Crippen molar-refractivity contribution in [3.8, 4) is 5.75 Å². The molecule has 3 rings (SSSR count). The lowest BCUT2D eigenvalue weighted by Gasteiger charge is -2.09. The zero-order valence-electron chi connectivity index (χ0n) is 11.8. The monoisotopic (exact) mass is 360 g/mol. The lowest BCUT2D eigenvalue weighted by atomic mass is 10.2. The highest BCUT2D eigenvalue weighted by atomic mass is 79.9. The lowest BCUT2D eigenvalue weighted by molar-refractivity contribution is -0.118. The Hall–Kier alpha value is -2.41. The van der Waals surface area contributed by atoms with Crippen molar-refractivity contribution in [2.75, 3.05) is 11.9 Å². The molecule has 2 heterocycles. The van der Waals surface area contributed by atoms with Gasteiger partial charge in [0.1, 0.15) is 12.1 Å². The number of carbonyl (C=O) groups excluding carboxylic acids is 1. The maximum Gasteiger partial charge on any atom is 0.262 e. The van der Waals surface area contributed by atoms with Crippen molar-refractivity contribution >= 4 is 33.2 Å². The van der Waals surface area contributed by atoms with Crippen molar-refractivity contribution in [2.45, 2.75) is 6.92 Å². The molecule has 0 bridgehead atoms. The van der Waals surface area contributed by atoms with E-state index in [0.717, 1.165) is 10.0 Å². The average Bonchev–Trinajstić information content (AvgIpc) is 2.95. The minimum Gasteiger partial charge on any atom is -0.484 e. The van der Waals surface area contributed by atoms with E-state index in [2.05, 4.69) is 31.4 Å².